The summed E-state index contributed by atoms with van der Waals surface area (Å²) in [5.41, 5.74) is 8.39. The van der Waals surface area contributed by atoms with Crippen molar-refractivity contribution in [2.75, 3.05) is 19.0 Å². The van der Waals surface area contributed by atoms with Crippen molar-refractivity contribution >= 4 is 5.69 Å². The maximum Gasteiger partial charge on any atom is 0.139 e. The Bertz CT molecular complexity index is 557. The Morgan fingerprint density at radius 1 is 1.19 bits per heavy atom. The van der Waals surface area contributed by atoms with E-state index < -0.39 is 0 Å². The first kappa shape index (κ1) is 15.3. The topological polar surface area (TPSA) is 51.4 Å². The summed E-state index contributed by atoms with van der Waals surface area (Å²) < 4.78 is 6.16. The number of nitrogens with two attached hydrogens (primary N) is 1. The highest BCUT2D eigenvalue weighted by Gasteiger charge is 2.20. The van der Waals surface area contributed by atoms with Crippen LogP contribution >= 0.6 is 0 Å². The Kier molecular flexibility index (Phi) is 5.17. The molecule has 2 rings (SSSR count). The number of nitrogens with zero attached hydrogens (tertiary/aromatic N) is 2. The summed E-state index contributed by atoms with van der Waals surface area (Å²) >= 11 is 0. The van der Waals surface area contributed by atoms with Crippen molar-refractivity contribution in [3.63, 3.8) is 0 Å². The molecule has 2 N–H and O–H groups in total. The molecule has 21 heavy (non-hydrogen) atoms. The predicted molar refractivity (Wildman–Crippen MR) is 86.6 cm³/mol. The summed E-state index contributed by atoms with van der Waals surface area (Å²) in [7, 11) is 4.02. The van der Waals surface area contributed by atoms with Gasteiger partial charge in [0.1, 0.15) is 11.9 Å². The molecule has 0 aliphatic rings. The number of ether oxygens (including phenoxy) is 1. The van der Waals surface area contributed by atoms with E-state index in [0.717, 1.165) is 23.4 Å². The SMILES string of the molecule is CCC(N)C(Oc1cccc(N(C)C)c1)c1ccncc1. The fourth-order valence-electron chi connectivity index (χ4n) is 2.15. The zero-order valence-corrected chi connectivity index (χ0v) is 12.9. The Labute approximate surface area is 126 Å². The zero-order valence-electron chi connectivity index (χ0n) is 12.9. The smallest absolute Gasteiger partial charge is 0.139 e. The second-order valence-electron chi connectivity index (χ2n) is 5.28. The average Bonchev–Trinajstić information content (AvgIpc) is 2.53. The summed E-state index contributed by atoms with van der Waals surface area (Å²) in [6, 6.07) is 11.9. The number of benzene rings is 1. The molecule has 2 atom stereocenters. The van der Waals surface area contributed by atoms with Gasteiger partial charge in [0, 0.05) is 44.3 Å². The van der Waals surface area contributed by atoms with Crippen LogP contribution in [0.1, 0.15) is 25.0 Å². The number of hydrogen-bond donors (Lipinski definition) is 1. The van der Waals surface area contributed by atoms with Crippen molar-refractivity contribution in [1.82, 2.24) is 4.98 Å². The van der Waals surface area contributed by atoms with E-state index in [9.17, 15) is 0 Å². The van der Waals surface area contributed by atoms with Crippen molar-refractivity contribution in [1.29, 1.82) is 0 Å². The summed E-state index contributed by atoms with van der Waals surface area (Å²) in [6.45, 7) is 2.07. The van der Waals surface area contributed by atoms with Gasteiger partial charge < -0.3 is 15.4 Å². The van der Waals surface area contributed by atoms with E-state index in [1.807, 2.05) is 55.4 Å². The molecule has 4 nitrogen and oxygen atoms in total. The third-order valence-corrected chi connectivity index (χ3v) is 3.49. The van der Waals surface area contributed by atoms with Crippen molar-refractivity contribution in [3.8, 4) is 5.75 Å². The largest absolute Gasteiger partial charge is 0.484 e. The van der Waals surface area contributed by atoms with Gasteiger partial charge in [-0.15, -0.1) is 0 Å². The van der Waals surface area contributed by atoms with Gasteiger partial charge in [-0.3, -0.25) is 4.98 Å². The molecule has 0 aliphatic carbocycles. The summed E-state index contributed by atoms with van der Waals surface area (Å²) in [4.78, 5) is 6.10. The van der Waals surface area contributed by atoms with Crippen LogP contribution in [0.2, 0.25) is 0 Å². The minimum atomic E-state index is -0.171. The molecule has 0 amide bonds. The molecule has 0 radical (unpaired) electrons. The van der Waals surface area contributed by atoms with Gasteiger partial charge in [-0.05, 0) is 36.2 Å². The normalized spacial score (nSPS) is 13.5. The lowest BCUT2D eigenvalue weighted by Crippen LogP contribution is -2.31. The van der Waals surface area contributed by atoms with E-state index in [1.165, 1.54) is 0 Å². The van der Waals surface area contributed by atoms with E-state index >= 15 is 0 Å². The molecule has 0 saturated heterocycles. The lowest BCUT2D eigenvalue weighted by Gasteiger charge is -2.25. The van der Waals surface area contributed by atoms with Crippen molar-refractivity contribution < 1.29 is 4.74 Å². The van der Waals surface area contributed by atoms with Gasteiger partial charge >= 0.3 is 0 Å². The number of anilines is 1. The first-order valence-corrected chi connectivity index (χ1v) is 7.21. The zero-order chi connectivity index (χ0) is 15.2. The Morgan fingerprint density at radius 2 is 1.90 bits per heavy atom. The molecule has 1 aromatic heterocycles. The van der Waals surface area contributed by atoms with Crippen molar-refractivity contribution in [2.24, 2.45) is 5.73 Å². The van der Waals surface area contributed by atoms with Gasteiger partial charge in [-0.25, -0.2) is 0 Å². The van der Waals surface area contributed by atoms with Crippen LogP contribution in [0.5, 0.6) is 5.75 Å². The highest BCUT2D eigenvalue weighted by molar-refractivity contribution is 5.49. The molecular formula is C17H23N3O. The van der Waals surface area contributed by atoms with Crippen LogP contribution < -0.4 is 15.4 Å². The molecule has 1 heterocycles. The maximum atomic E-state index is 6.24. The molecule has 0 spiro atoms. The molecule has 4 heteroatoms. The van der Waals surface area contributed by atoms with Crippen LogP contribution in [0, 0.1) is 0 Å². The van der Waals surface area contributed by atoms with Crippen LogP contribution in [-0.2, 0) is 0 Å². The number of pyridine rings is 1. The van der Waals surface area contributed by atoms with Crippen LogP contribution in [0.3, 0.4) is 0 Å². The highest BCUT2D eigenvalue weighted by atomic mass is 16.5. The fraction of sp³-hybridized carbons (Fsp3) is 0.353. The van der Waals surface area contributed by atoms with Crippen molar-refractivity contribution in [2.45, 2.75) is 25.5 Å². The summed E-state index contributed by atoms with van der Waals surface area (Å²) in [6.07, 6.45) is 4.21. The first-order chi connectivity index (χ1) is 10.1. The van der Waals surface area contributed by atoms with E-state index in [4.69, 9.17) is 10.5 Å². The van der Waals surface area contributed by atoms with Gasteiger partial charge in [-0.2, -0.15) is 0 Å². The lowest BCUT2D eigenvalue weighted by molar-refractivity contribution is 0.171. The van der Waals surface area contributed by atoms with Crippen molar-refractivity contribution in [3.05, 3.63) is 54.4 Å². The van der Waals surface area contributed by atoms with E-state index in [-0.39, 0.29) is 12.1 Å². The molecule has 0 saturated carbocycles. The van der Waals surface area contributed by atoms with Crippen LogP contribution in [0.15, 0.2) is 48.8 Å². The van der Waals surface area contributed by atoms with Gasteiger partial charge in [-0.1, -0.05) is 13.0 Å². The predicted octanol–water partition coefficient (Wildman–Crippen LogP) is 3.01. The molecule has 0 aliphatic heterocycles. The number of aromatic nitrogens is 1. The van der Waals surface area contributed by atoms with E-state index in [2.05, 4.69) is 11.9 Å². The molecule has 0 bridgehead atoms. The van der Waals surface area contributed by atoms with Crippen LogP contribution in [0.25, 0.3) is 0 Å². The van der Waals surface area contributed by atoms with Crippen LogP contribution in [0.4, 0.5) is 5.69 Å². The van der Waals surface area contributed by atoms with E-state index in [1.54, 1.807) is 12.4 Å². The monoisotopic (exact) mass is 285 g/mol. The highest BCUT2D eigenvalue weighted by Crippen LogP contribution is 2.27. The third-order valence-electron chi connectivity index (χ3n) is 3.49. The molecular weight excluding hydrogens is 262 g/mol. The molecule has 112 valence electrons. The molecule has 1 aromatic carbocycles. The summed E-state index contributed by atoms with van der Waals surface area (Å²) in [5.74, 6) is 0.826. The van der Waals surface area contributed by atoms with Crippen LogP contribution in [-0.4, -0.2) is 25.1 Å². The molecule has 2 aromatic rings. The van der Waals surface area contributed by atoms with Gasteiger partial charge in [0.15, 0.2) is 0 Å². The van der Waals surface area contributed by atoms with Gasteiger partial charge in [0.2, 0.25) is 0 Å². The second-order valence-corrected chi connectivity index (χ2v) is 5.28. The average molecular weight is 285 g/mol. The van der Waals surface area contributed by atoms with E-state index in [0.29, 0.717) is 0 Å². The fourth-order valence-corrected chi connectivity index (χ4v) is 2.15. The quantitative estimate of drug-likeness (QED) is 0.886. The summed E-state index contributed by atoms with van der Waals surface area (Å²) in [5, 5.41) is 0. The number of hydrogen-bond acceptors (Lipinski definition) is 4. The standard InChI is InChI=1S/C17H23N3O/c1-4-16(18)17(13-8-10-19-11-9-13)21-15-7-5-6-14(12-15)20(2)3/h5-12,16-17H,4,18H2,1-3H3. The third kappa shape index (κ3) is 3.95. The molecule has 0 fully saturated rings. The Morgan fingerprint density at radius 3 is 2.52 bits per heavy atom. The van der Waals surface area contributed by atoms with Gasteiger partial charge in [0.05, 0.1) is 0 Å². The first-order valence-electron chi connectivity index (χ1n) is 7.21. The van der Waals surface area contributed by atoms with Gasteiger partial charge in [0.25, 0.3) is 0 Å². The maximum absolute atomic E-state index is 6.24. The minimum Gasteiger partial charge on any atom is -0.484 e. The Hall–Kier alpha value is -2.07. The molecule has 2 unspecified atom stereocenters. The Balaban J connectivity index is 2.25. The number of rotatable bonds is 6. The second kappa shape index (κ2) is 7.09. The minimum absolute atomic E-state index is 0.0598. The lowest BCUT2D eigenvalue weighted by atomic mass is 10.0.